The normalized spacial score (nSPS) is 11.0. The summed E-state index contributed by atoms with van der Waals surface area (Å²) in [5.41, 5.74) is 2.89. The number of aryl methyl sites for hydroxylation is 1. The smallest absolute Gasteiger partial charge is 0.129 e. The summed E-state index contributed by atoms with van der Waals surface area (Å²) in [4.78, 5) is 4.42. The standard InChI is InChI=1S/C16H14ClFN2O/c1-10-6-15-14(8-13(10)18)19-16(9-17)20(15)11-4-3-5-12(7-11)21-2/h3-8H,9H2,1-2H3. The summed E-state index contributed by atoms with van der Waals surface area (Å²) in [5.74, 6) is 1.39. The first-order chi connectivity index (χ1) is 10.1. The van der Waals surface area contributed by atoms with E-state index in [2.05, 4.69) is 4.98 Å². The largest absolute Gasteiger partial charge is 0.497 e. The lowest BCUT2D eigenvalue weighted by molar-refractivity contribution is 0.414. The van der Waals surface area contributed by atoms with Gasteiger partial charge < -0.3 is 4.74 Å². The number of halogens is 2. The predicted molar refractivity (Wildman–Crippen MR) is 81.9 cm³/mol. The van der Waals surface area contributed by atoms with Gasteiger partial charge in [0.2, 0.25) is 0 Å². The molecule has 3 nitrogen and oxygen atoms in total. The van der Waals surface area contributed by atoms with Gasteiger partial charge in [-0.15, -0.1) is 11.6 Å². The second-order valence-corrected chi connectivity index (χ2v) is 5.06. The highest BCUT2D eigenvalue weighted by Crippen LogP contribution is 2.26. The summed E-state index contributed by atoms with van der Waals surface area (Å²) in [6.07, 6.45) is 0. The second-order valence-electron chi connectivity index (χ2n) is 4.79. The van der Waals surface area contributed by atoms with Gasteiger partial charge in [0, 0.05) is 12.1 Å². The number of benzene rings is 2. The topological polar surface area (TPSA) is 27.1 Å². The van der Waals surface area contributed by atoms with Crippen LogP contribution in [-0.2, 0) is 5.88 Å². The molecule has 0 aliphatic carbocycles. The van der Waals surface area contributed by atoms with Crippen molar-refractivity contribution in [1.82, 2.24) is 9.55 Å². The van der Waals surface area contributed by atoms with Crippen molar-refractivity contribution in [2.75, 3.05) is 7.11 Å². The van der Waals surface area contributed by atoms with E-state index in [9.17, 15) is 4.39 Å². The molecule has 0 N–H and O–H groups in total. The fraction of sp³-hybridized carbons (Fsp3) is 0.188. The maximum atomic E-state index is 13.7. The molecule has 0 aliphatic rings. The number of imidazole rings is 1. The van der Waals surface area contributed by atoms with Gasteiger partial charge in [-0.3, -0.25) is 4.57 Å². The Bertz CT molecular complexity index is 813. The Morgan fingerprint density at radius 3 is 2.81 bits per heavy atom. The van der Waals surface area contributed by atoms with E-state index >= 15 is 0 Å². The van der Waals surface area contributed by atoms with Crippen LogP contribution < -0.4 is 4.74 Å². The average molecular weight is 305 g/mol. The monoisotopic (exact) mass is 304 g/mol. The van der Waals surface area contributed by atoms with E-state index < -0.39 is 0 Å². The van der Waals surface area contributed by atoms with E-state index in [1.54, 1.807) is 20.1 Å². The molecule has 108 valence electrons. The zero-order chi connectivity index (χ0) is 15.0. The van der Waals surface area contributed by atoms with Gasteiger partial charge in [0.15, 0.2) is 0 Å². The van der Waals surface area contributed by atoms with Crippen molar-refractivity contribution in [3.8, 4) is 11.4 Å². The highest BCUT2D eigenvalue weighted by molar-refractivity contribution is 6.17. The quantitative estimate of drug-likeness (QED) is 0.677. The maximum Gasteiger partial charge on any atom is 0.129 e. The number of rotatable bonds is 3. The van der Waals surface area contributed by atoms with E-state index in [0.29, 0.717) is 16.9 Å². The third-order valence-corrected chi connectivity index (χ3v) is 3.67. The Kier molecular flexibility index (Phi) is 3.55. The number of methoxy groups -OCH3 is 1. The van der Waals surface area contributed by atoms with Crippen LogP contribution in [-0.4, -0.2) is 16.7 Å². The molecule has 0 saturated carbocycles. The molecule has 0 unspecified atom stereocenters. The summed E-state index contributed by atoms with van der Waals surface area (Å²) in [6.45, 7) is 1.73. The molecule has 3 aromatic rings. The van der Waals surface area contributed by atoms with E-state index in [4.69, 9.17) is 16.3 Å². The van der Waals surface area contributed by atoms with E-state index in [0.717, 1.165) is 17.0 Å². The highest BCUT2D eigenvalue weighted by atomic mass is 35.5. The molecular weight excluding hydrogens is 291 g/mol. The molecule has 0 fully saturated rings. The van der Waals surface area contributed by atoms with Crippen molar-refractivity contribution < 1.29 is 9.13 Å². The van der Waals surface area contributed by atoms with Gasteiger partial charge in [0.1, 0.15) is 17.4 Å². The van der Waals surface area contributed by atoms with E-state index in [1.807, 2.05) is 28.8 Å². The lowest BCUT2D eigenvalue weighted by atomic mass is 10.2. The molecule has 0 saturated heterocycles. The molecule has 0 amide bonds. The molecule has 21 heavy (non-hydrogen) atoms. The van der Waals surface area contributed by atoms with Crippen LogP contribution in [0.15, 0.2) is 36.4 Å². The minimum absolute atomic E-state index is 0.243. The molecule has 5 heteroatoms. The first kappa shape index (κ1) is 13.9. The van der Waals surface area contributed by atoms with Crippen LogP contribution in [0, 0.1) is 12.7 Å². The highest BCUT2D eigenvalue weighted by Gasteiger charge is 2.14. The first-order valence-corrected chi connectivity index (χ1v) is 7.05. The molecule has 1 aromatic heterocycles. The van der Waals surface area contributed by atoms with Crippen molar-refractivity contribution in [1.29, 1.82) is 0 Å². The lowest BCUT2D eigenvalue weighted by Gasteiger charge is -2.10. The van der Waals surface area contributed by atoms with Crippen LogP contribution in [0.5, 0.6) is 5.75 Å². The van der Waals surface area contributed by atoms with Crippen LogP contribution in [0.1, 0.15) is 11.4 Å². The number of ether oxygens (including phenoxy) is 1. The average Bonchev–Trinajstić information content (AvgIpc) is 2.85. The minimum Gasteiger partial charge on any atom is -0.497 e. The molecule has 0 bridgehead atoms. The van der Waals surface area contributed by atoms with E-state index in [1.165, 1.54) is 6.07 Å². The van der Waals surface area contributed by atoms with Crippen molar-refractivity contribution in [2.24, 2.45) is 0 Å². The summed E-state index contributed by atoms with van der Waals surface area (Å²) in [7, 11) is 1.62. The molecule has 1 heterocycles. The predicted octanol–water partition coefficient (Wildman–Crippen LogP) is 4.22. The summed E-state index contributed by atoms with van der Waals surface area (Å²) in [6, 6.07) is 10.8. The van der Waals surface area contributed by atoms with Gasteiger partial charge >= 0.3 is 0 Å². The molecule has 3 rings (SSSR count). The summed E-state index contributed by atoms with van der Waals surface area (Å²) < 4.78 is 20.9. The Morgan fingerprint density at radius 1 is 1.29 bits per heavy atom. The zero-order valence-corrected chi connectivity index (χ0v) is 12.5. The van der Waals surface area contributed by atoms with Gasteiger partial charge in [0.25, 0.3) is 0 Å². The Morgan fingerprint density at radius 2 is 2.10 bits per heavy atom. The molecular formula is C16H14ClFN2O. The maximum absolute atomic E-state index is 13.7. The van der Waals surface area contributed by atoms with Crippen molar-refractivity contribution in [3.05, 3.63) is 53.6 Å². The fourth-order valence-electron chi connectivity index (χ4n) is 2.38. The first-order valence-electron chi connectivity index (χ1n) is 6.52. The number of aromatic nitrogens is 2. The fourth-order valence-corrected chi connectivity index (χ4v) is 2.56. The molecule has 0 aliphatic heterocycles. The molecule has 0 radical (unpaired) electrons. The Labute approximate surface area is 126 Å². The third kappa shape index (κ3) is 2.36. The summed E-state index contributed by atoms with van der Waals surface area (Å²) in [5, 5.41) is 0. The molecule has 2 aromatic carbocycles. The molecule has 0 atom stereocenters. The summed E-state index contributed by atoms with van der Waals surface area (Å²) >= 11 is 6.00. The van der Waals surface area contributed by atoms with Crippen LogP contribution in [0.25, 0.3) is 16.7 Å². The Balaban J connectivity index is 2.31. The van der Waals surface area contributed by atoms with E-state index in [-0.39, 0.29) is 11.7 Å². The number of hydrogen-bond donors (Lipinski definition) is 0. The van der Waals surface area contributed by atoms with Gasteiger partial charge in [-0.25, -0.2) is 9.37 Å². The minimum atomic E-state index is -0.265. The van der Waals surface area contributed by atoms with Crippen LogP contribution in [0.4, 0.5) is 4.39 Å². The van der Waals surface area contributed by atoms with Crippen LogP contribution in [0.2, 0.25) is 0 Å². The SMILES string of the molecule is COc1cccc(-n2c(CCl)nc3cc(F)c(C)cc32)c1. The Hall–Kier alpha value is -2.07. The lowest BCUT2D eigenvalue weighted by Crippen LogP contribution is -2.00. The van der Waals surface area contributed by atoms with Crippen LogP contribution >= 0.6 is 11.6 Å². The zero-order valence-electron chi connectivity index (χ0n) is 11.7. The number of fused-ring (bicyclic) bond motifs is 1. The van der Waals surface area contributed by atoms with Gasteiger partial charge in [-0.05, 0) is 30.7 Å². The second kappa shape index (κ2) is 5.37. The van der Waals surface area contributed by atoms with Crippen molar-refractivity contribution in [3.63, 3.8) is 0 Å². The van der Waals surface area contributed by atoms with Gasteiger partial charge in [-0.2, -0.15) is 0 Å². The van der Waals surface area contributed by atoms with Crippen LogP contribution in [0.3, 0.4) is 0 Å². The number of hydrogen-bond acceptors (Lipinski definition) is 2. The molecule has 0 spiro atoms. The third-order valence-electron chi connectivity index (χ3n) is 3.44. The van der Waals surface area contributed by atoms with Crippen molar-refractivity contribution >= 4 is 22.6 Å². The van der Waals surface area contributed by atoms with Gasteiger partial charge in [-0.1, -0.05) is 6.07 Å². The number of nitrogens with zero attached hydrogens (tertiary/aromatic N) is 2. The number of alkyl halides is 1. The van der Waals surface area contributed by atoms with Crippen molar-refractivity contribution in [2.45, 2.75) is 12.8 Å². The van der Waals surface area contributed by atoms with Gasteiger partial charge in [0.05, 0.1) is 29.7 Å².